The predicted octanol–water partition coefficient (Wildman–Crippen LogP) is -0.0141. The third kappa shape index (κ3) is 2.19. The number of esters is 2. The molecule has 0 bridgehead atoms. The van der Waals surface area contributed by atoms with E-state index in [1.807, 2.05) is 0 Å². The van der Waals surface area contributed by atoms with Crippen molar-refractivity contribution >= 4 is 17.6 Å². The Hall–Kier alpha value is -2.64. The third-order valence-corrected chi connectivity index (χ3v) is 2.39. The van der Waals surface area contributed by atoms with Gasteiger partial charge in [-0.15, -0.1) is 0 Å². The summed E-state index contributed by atoms with van der Waals surface area (Å²) in [5, 5.41) is 2.51. The normalized spacial score (nSPS) is 10.4. The average molecular weight is 265 g/mol. The highest BCUT2D eigenvalue weighted by atomic mass is 16.5. The topological polar surface area (TPSA) is 103 Å². The number of carbonyl (C=O) groups excluding carboxylic acids is 2. The van der Waals surface area contributed by atoms with Crippen LogP contribution in [0, 0.1) is 0 Å². The maximum Gasteiger partial charge on any atom is 0.356 e. The lowest BCUT2D eigenvalue weighted by Gasteiger charge is -2.00. The van der Waals surface area contributed by atoms with Crippen LogP contribution >= 0.6 is 0 Å². The highest BCUT2D eigenvalue weighted by molar-refractivity contribution is 5.90. The fourth-order valence-electron chi connectivity index (χ4n) is 1.52. The van der Waals surface area contributed by atoms with Crippen molar-refractivity contribution in [1.82, 2.24) is 14.6 Å². The van der Waals surface area contributed by atoms with Crippen molar-refractivity contribution in [2.24, 2.45) is 0 Å². The molecule has 2 aromatic heterocycles. The maximum absolute atomic E-state index is 12.0. The van der Waals surface area contributed by atoms with E-state index in [0.717, 1.165) is 10.7 Å². The number of ether oxygens (including phenoxy) is 2. The van der Waals surface area contributed by atoms with Gasteiger partial charge in [-0.05, 0) is 6.92 Å². The largest absolute Gasteiger partial charge is 0.464 e. The summed E-state index contributed by atoms with van der Waals surface area (Å²) in [6, 6.07) is 1.35. The lowest BCUT2D eigenvalue weighted by atomic mass is 10.3. The molecule has 0 saturated carbocycles. The second-order valence-electron chi connectivity index (χ2n) is 3.55. The Kier molecular flexibility index (Phi) is 3.32. The van der Waals surface area contributed by atoms with Crippen molar-refractivity contribution in [3.63, 3.8) is 0 Å². The third-order valence-electron chi connectivity index (χ3n) is 2.39. The SMILES string of the molecule is CCOC(=O)c1cnc2cc(C(=O)OC)[nH]n2c1=O. The Morgan fingerprint density at radius 2 is 2.16 bits per heavy atom. The quantitative estimate of drug-likeness (QED) is 0.783. The van der Waals surface area contributed by atoms with Gasteiger partial charge in [0.15, 0.2) is 5.65 Å². The Morgan fingerprint density at radius 1 is 1.42 bits per heavy atom. The monoisotopic (exact) mass is 265 g/mol. The van der Waals surface area contributed by atoms with Crippen LogP contribution in [0.1, 0.15) is 27.8 Å². The smallest absolute Gasteiger partial charge is 0.356 e. The Labute approximate surface area is 106 Å². The number of carbonyl (C=O) groups is 2. The summed E-state index contributed by atoms with van der Waals surface area (Å²) in [6.07, 6.45) is 1.12. The standard InChI is InChI=1S/C11H11N3O5/c1-3-19-10(16)6-5-12-8-4-7(11(17)18-2)13-14(8)9(6)15/h4-5,13H,3H2,1-2H3. The number of rotatable bonds is 3. The molecular weight excluding hydrogens is 254 g/mol. The lowest BCUT2D eigenvalue weighted by molar-refractivity contribution is 0.0522. The van der Waals surface area contributed by atoms with E-state index in [-0.39, 0.29) is 23.5 Å². The molecule has 0 amide bonds. The van der Waals surface area contributed by atoms with Crippen LogP contribution in [-0.2, 0) is 9.47 Å². The molecule has 0 spiro atoms. The van der Waals surface area contributed by atoms with Crippen molar-refractivity contribution in [2.45, 2.75) is 6.92 Å². The zero-order chi connectivity index (χ0) is 14.0. The molecule has 0 aromatic carbocycles. The van der Waals surface area contributed by atoms with Crippen LogP contribution in [0.4, 0.5) is 0 Å². The number of hydrogen-bond acceptors (Lipinski definition) is 6. The van der Waals surface area contributed by atoms with E-state index in [2.05, 4.69) is 14.8 Å². The van der Waals surface area contributed by atoms with Gasteiger partial charge in [0.25, 0.3) is 5.56 Å². The zero-order valence-electron chi connectivity index (χ0n) is 10.3. The van der Waals surface area contributed by atoms with E-state index < -0.39 is 17.5 Å². The molecule has 0 aliphatic rings. The maximum atomic E-state index is 12.0. The molecule has 8 nitrogen and oxygen atoms in total. The van der Waals surface area contributed by atoms with E-state index in [0.29, 0.717) is 0 Å². The summed E-state index contributed by atoms with van der Waals surface area (Å²) in [4.78, 5) is 38.8. The van der Waals surface area contributed by atoms with Crippen molar-refractivity contribution in [1.29, 1.82) is 0 Å². The van der Waals surface area contributed by atoms with Gasteiger partial charge in [-0.2, -0.15) is 0 Å². The van der Waals surface area contributed by atoms with Crippen molar-refractivity contribution in [3.05, 3.63) is 33.9 Å². The predicted molar refractivity (Wildman–Crippen MR) is 63.1 cm³/mol. The van der Waals surface area contributed by atoms with Gasteiger partial charge in [0.05, 0.1) is 13.7 Å². The zero-order valence-corrected chi connectivity index (χ0v) is 10.3. The minimum Gasteiger partial charge on any atom is -0.464 e. The fourth-order valence-corrected chi connectivity index (χ4v) is 1.52. The molecule has 0 unspecified atom stereocenters. The molecular formula is C11H11N3O5. The molecule has 1 N–H and O–H groups in total. The van der Waals surface area contributed by atoms with Gasteiger partial charge >= 0.3 is 11.9 Å². The van der Waals surface area contributed by atoms with E-state index in [4.69, 9.17) is 4.74 Å². The molecule has 8 heteroatoms. The van der Waals surface area contributed by atoms with E-state index in [9.17, 15) is 14.4 Å². The highest BCUT2D eigenvalue weighted by Crippen LogP contribution is 2.04. The number of nitrogens with one attached hydrogen (secondary N) is 1. The van der Waals surface area contributed by atoms with Crippen LogP contribution < -0.4 is 5.56 Å². The lowest BCUT2D eigenvalue weighted by Crippen LogP contribution is -2.24. The number of hydrogen-bond donors (Lipinski definition) is 1. The number of nitrogens with zero attached hydrogens (tertiary/aromatic N) is 2. The van der Waals surface area contributed by atoms with E-state index in [1.54, 1.807) is 6.92 Å². The first-order chi connectivity index (χ1) is 9.08. The van der Waals surface area contributed by atoms with Crippen LogP contribution in [-0.4, -0.2) is 40.3 Å². The van der Waals surface area contributed by atoms with Crippen LogP contribution in [0.25, 0.3) is 5.65 Å². The molecule has 2 rings (SSSR count). The van der Waals surface area contributed by atoms with Gasteiger partial charge < -0.3 is 9.47 Å². The molecule has 0 fully saturated rings. The summed E-state index contributed by atoms with van der Waals surface area (Å²) in [5.74, 6) is -1.40. The first-order valence-corrected chi connectivity index (χ1v) is 5.44. The fraction of sp³-hybridized carbons (Fsp3) is 0.273. The van der Waals surface area contributed by atoms with Gasteiger partial charge in [-0.25, -0.2) is 19.1 Å². The Balaban J connectivity index is 2.56. The second-order valence-corrected chi connectivity index (χ2v) is 3.55. The second kappa shape index (κ2) is 4.92. The molecule has 0 saturated heterocycles. The number of aromatic nitrogens is 3. The minimum atomic E-state index is -0.761. The molecule has 0 aliphatic carbocycles. The number of fused-ring (bicyclic) bond motifs is 1. The number of aromatic amines is 1. The van der Waals surface area contributed by atoms with Crippen LogP contribution in [0.2, 0.25) is 0 Å². The van der Waals surface area contributed by atoms with Gasteiger partial charge in [0, 0.05) is 12.3 Å². The molecule has 2 heterocycles. The molecule has 0 aliphatic heterocycles. The van der Waals surface area contributed by atoms with E-state index in [1.165, 1.54) is 13.2 Å². The summed E-state index contributed by atoms with van der Waals surface area (Å²) in [6.45, 7) is 1.78. The first kappa shape index (κ1) is 12.8. The van der Waals surface area contributed by atoms with Gasteiger partial charge in [-0.1, -0.05) is 0 Å². The first-order valence-electron chi connectivity index (χ1n) is 5.44. The van der Waals surface area contributed by atoms with Crippen LogP contribution in [0.15, 0.2) is 17.1 Å². The summed E-state index contributed by atoms with van der Waals surface area (Å²) >= 11 is 0. The van der Waals surface area contributed by atoms with Crippen molar-refractivity contribution in [2.75, 3.05) is 13.7 Å². The van der Waals surface area contributed by atoms with Crippen LogP contribution in [0.5, 0.6) is 0 Å². The Morgan fingerprint density at radius 3 is 2.79 bits per heavy atom. The van der Waals surface area contributed by atoms with Crippen molar-refractivity contribution in [3.8, 4) is 0 Å². The number of H-pyrrole nitrogens is 1. The molecule has 0 atom stereocenters. The summed E-state index contributed by atoms with van der Waals surface area (Å²) < 4.78 is 10.2. The highest BCUT2D eigenvalue weighted by Gasteiger charge is 2.17. The molecule has 2 aromatic rings. The molecule has 19 heavy (non-hydrogen) atoms. The minimum absolute atomic E-state index is 0.0631. The van der Waals surface area contributed by atoms with Crippen molar-refractivity contribution < 1.29 is 19.1 Å². The summed E-state index contributed by atoms with van der Waals surface area (Å²) in [5.41, 5.74) is -0.581. The van der Waals surface area contributed by atoms with Crippen LogP contribution in [0.3, 0.4) is 0 Å². The van der Waals surface area contributed by atoms with E-state index >= 15 is 0 Å². The summed E-state index contributed by atoms with van der Waals surface area (Å²) in [7, 11) is 1.22. The van der Waals surface area contributed by atoms with Gasteiger partial charge in [0.2, 0.25) is 0 Å². The molecule has 100 valence electrons. The average Bonchev–Trinajstić information content (AvgIpc) is 2.83. The van der Waals surface area contributed by atoms with Gasteiger partial charge in [0.1, 0.15) is 11.3 Å². The van der Waals surface area contributed by atoms with Gasteiger partial charge in [-0.3, -0.25) is 9.89 Å². The number of methoxy groups -OCH3 is 1. The Bertz CT molecular complexity index is 700. The molecule has 0 radical (unpaired) electrons.